The molecule has 2 heterocycles. The Labute approximate surface area is 306 Å². The molecule has 5 aromatic carbocycles. The zero-order valence-corrected chi connectivity index (χ0v) is 31.0. The first-order valence-electron chi connectivity index (χ1n) is 18.4. The number of hydrogen-bond acceptors (Lipinski definition) is 2. The average Bonchev–Trinajstić information content (AvgIpc) is 3.84. The second-order valence-corrected chi connectivity index (χ2v) is 15.7. The standard InChI is InChI=1S/C48H46S2/c1-3-5-7-9-35-11-15-37(16-12-35)19-25-45-27-29-47(49-45)41-23-21-39-32-44-34-42(24-22-40(44)31-43(39)33-41)48-30-28-46(50-48)26-20-38-17-13-36(14-18-38)10-8-6-4-2/h11-34H,3-10H2,1-2H3. The first-order chi connectivity index (χ1) is 24.6. The molecule has 0 amide bonds. The molecule has 2 aromatic heterocycles. The van der Waals surface area contributed by atoms with Crippen LogP contribution >= 0.6 is 22.7 Å². The molecule has 0 aliphatic carbocycles. The quantitative estimate of drug-likeness (QED) is 0.0789. The number of aryl methyl sites for hydroxylation is 2. The highest BCUT2D eigenvalue weighted by atomic mass is 32.1. The Balaban J connectivity index is 1.02. The molecule has 0 radical (unpaired) electrons. The number of rotatable bonds is 14. The summed E-state index contributed by atoms with van der Waals surface area (Å²) < 4.78 is 0. The third-order valence-electron chi connectivity index (χ3n) is 9.60. The summed E-state index contributed by atoms with van der Waals surface area (Å²) in [5, 5.41) is 5.12. The fourth-order valence-electron chi connectivity index (χ4n) is 6.60. The molecule has 0 unspecified atom stereocenters. The monoisotopic (exact) mass is 686 g/mol. The Kier molecular flexibility index (Phi) is 11.2. The van der Waals surface area contributed by atoms with E-state index in [2.05, 4.69) is 159 Å². The first-order valence-corrected chi connectivity index (χ1v) is 20.0. The van der Waals surface area contributed by atoms with Crippen molar-refractivity contribution < 1.29 is 0 Å². The van der Waals surface area contributed by atoms with E-state index in [1.165, 1.54) is 126 Å². The van der Waals surface area contributed by atoms with E-state index in [0.717, 1.165) is 0 Å². The van der Waals surface area contributed by atoms with Crippen LogP contribution in [0.5, 0.6) is 0 Å². The molecule has 0 saturated carbocycles. The lowest BCUT2D eigenvalue weighted by atomic mass is 9.99. The van der Waals surface area contributed by atoms with Crippen molar-refractivity contribution in [3.8, 4) is 20.9 Å². The molecule has 0 N–H and O–H groups in total. The van der Waals surface area contributed by atoms with E-state index in [-0.39, 0.29) is 0 Å². The zero-order valence-electron chi connectivity index (χ0n) is 29.3. The smallest absolute Gasteiger partial charge is 0.0349 e. The lowest BCUT2D eigenvalue weighted by Gasteiger charge is -2.07. The van der Waals surface area contributed by atoms with E-state index in [1.54, 1.807) is 0 Å². The van der Waals surface area contributed by atoms with Crippen LogP contribution in [0.25, 0.3) is 66.7 Å². The van der Waals surface area contributed by atoms with Crippen molar-refractivity contribution in [2.45, 2.75) is 65.2 Å². The molecule has 0 aliphatic heterocycles. The van der Waals surface area contributed by atoms with Gasteiger partial charge in [0.15, 0.2) is 0 Å². The highest BCUT2D eigenvalue weighted by Crippen LogP contribution is 2.35. The predicted molar refractivity (Wildman–Crippen MR) is 225 cm³/mol. The summed E-state index contributed by atoms with van der Waals surface area (Å²) in [4.78, 5) is 5.15. The van der Waals surface area contributed by atoms with Crippen molar-refractivity contribution in [3.63, 3.8) is 0 Å². The molecule has 0 aliphatic rings. The Morgan fingerprint density at radius 1 is 0.400 bits per heavy atom. The lowest BCUT2D eigenvalue weighted by molar-refractivity contribution is 0.717. The first kappa shape index (κ1) is 34.0. The third kappa shape index (κ3) is 8.62. The summed E-state index contributed by atoms with van der Waals surface area (Å²) >= 11 is 3.70. The highest BCUT2D eigenvalue weighted by molar-refractivity contribution is 7.16. The van der Waals surface area contributed by atoms with Gasteiger partial charge in [-0.1, -0.05) is 124 Å². The van der Waals surface area contributed by atoms with Gasteiger partial charge in [-0.15, -0.1) is 22.7 Å². The number of thiophene rings is 2. The summed E-state index contributed by atoms with van der Waals surface area (Å²) in [5.41, 5.74) is 7.94. The van der Waals surface area contributed by atoms with Gasteiger partial charge in [-0.2, -0.15) is 0 Å². The third-order valence-corrected chi connectivity index (χ3v) is 11.8. The van der Waals surface area contributed by atoms with Gasteiger partial charge in [-0.05, 0) is 141 Å². The van der Waals surface area contributed by atoms with Crippen molar-refractivity contribution in [1.29, 1.82) is 0 Å². The molecule has 0 bridgehead atoms. The van der Waals surface area contributed by atoms with Crippen molar-refractivity contribution in [1.82, 2.24) is 0 Å². The van der Waals surface area contributed by atoms with Crippen molar-refractivity contribution in [2.75, 3.05) is 0 Å². The number of unbranched alkanes of at least 4 members (excludes halogenated alkanes) is 4. The van der Waals surface area contributed by atoms with Gasteiger partial charge in [0.25, 0.3) is 0 Å². The SMILES string of the molecule is CCCCCc1ccc(C=Cc2ccc(-c3ccc4cc5cc(-c6ccc(C=Cc7ccc(CCCCC)cc7)s6)ccc5cc4c3)s2)cc1. The van der Waals surface area contributed by atoms with E-state index < -0.39 is 0 Å². The average molecular weight is 687 g/mol. The van der Waals surface area contributed by atoms with Crippen LogP contribution < -0.4 is 0 Å². The summed E-state index contributed by atoms with van der Waals surface area (Å²) in [5.74, 6) is 0. The minimum Gasteiger partial charge on any atom is -0.136 e. The largest absolute Gasteiger partial charge is 0.136 e. The van der Waals surface area contributed by atoms with Gasteiger partial charge in [-0.3, -0.25) is 0 Å². The topological polar surface area (TPSA) is 0 Å². The minimum absolute atomic E-state index is 1.18. The van der Waals surface area contributed by atoms with Crippen LogP contribution in [0, 0.1) is 0 Å². The Hall–Kier alpha value is -4.50. The number of fused-ring (bicyclic) bond motifs is 2. The van der Waals surface area contributed by atoms with Crippen molar-refractivity contribution >= 4 is 68.5 Å². The Morgan fingerprint density at radius 2 is 0.840 bits per heavy atom. The summed E-state index contributed by atoms with van der Waals surface area (Å²) in [6.07, 6.45) is 19.0. The normalized spacial score (nSPS) is 11.9. The van der Waals surface area contributed by atoms with E-state index in [0.29, 0.717) is 0 Å². The van der Waals surface area contributed by atoms with Crippen LogP contribution in [0.2, 0.25) is 0 Å². The van der Waals surface area contributed by atoms with Crippen LogP contribution in [0.3, 0.4) is 0 Å². The molecule has 7 rings (SSSR count). The molecule has 50 heavy (non-hydrogen) atoms. The van der Waals surface area contributed by atoms with Crippen LogP contribution in [-0.4, -0.2) is 0 Å². The zero-order chi connectivity index (χ0) is 34.1. The molecule has 0 saturated heterocycles. The van der Waals surface area contributed by atoms with Crippen LogP contribution in [0.15, 0.2) is 121 Å². The van der Waals surface area contributed by atoms with Gasteiger partial charge in [0.2, 0.25) is 0 Å². The fraction of sp³-hybridized carbons (Fsp3) is 0.208. The molecule has 0 atom stereocenters. The summed E-state index contributed by atoms with van der Waals surface area (Å²) in [6.45, 7) is 4.52. The van der Waals surface area contributed by atoms with Gasteiger partial charge >= 0.3 is 0 Å². The Morgan fingerprint density at radius 3 is 1.26 bits per heavy atom. The maximum atomic E-state index is 2.34. The molecule has 0 nitrogen and oxygen atoms in total. The van der Waals surface area contributed by atoms with E-state index in [9.17, 15) is 0 Å². The number of hydrogen-bond donors (Lipinski definition) is 0. The molecule has 0 spiro atoms. The van der Waals surface area contributed by atoms with Crippen molar-refractivity contribution in [3.05, 3.63) is 153 Å². The number of benzene rings is 5. The molecule has 2 heteroatoms. The van der Waals surface area contributed by atoms with Crippen LogP contribution in [0.4, 0.5) is 0 Å². The van der Waals surface area contributed by atoms with Gasteiger partial charge in [0, 0.05) is 19.5 Å². The van der Waals surface area contributed by atoms with Crippen LogP contribution in [0.1, 0.15) is 84.4 Å². The summed E-state index contributed by atoms with van der Waals surface area (Å²) in [6, 6.07) is 45.6. The van der Waals surface area contributed by atoms with Crippen molar-refractivity contribution in [2.24, 2.45) is 0 Å². The molecular weight excluding hydrogens is 641 g/mol. The van der Waals surface area contributed by atoms with Gasteiger partial charge in [0.1, 0.15) is 0 Å². The van der Waals surface area contributed by atoms with Gasteiger partial charge in [-0.25, -0.2) is 0 Å². The predicted octanol–water partition coefficient (Wildman–Crippen LogP) is 15.3. The molecule has 250 valence electrons. The second-order valence-electron chi connectivity index (χ2n) is 13.4. The maximum absolute atomic E-state index is 2.34. The van der Waals surface area contributed by atoms with Gasteiger partial charge in [0.05, 0.1) is 0 Å². The fourth-order valence-corrected chi connectivity index (χ4v) is 8.42. The molecular formula is C48H46S2. The summed E-state index contributed by atoms with van der Waals surface area (Å²) in [7, 11) is 0. The maximum Gasteiger partial charge on any atom is 0.0349 e. The highest BCUT2D eigenvalue weighted by Gasteiger charge is 2.07. The minimum atomic E-state index is 1.18. The second kappa shape index (κ2) is 16.5. The van der Waals surface area contributed by atoms with E-state index >= 15 is 0 Å². The van der Waals surface area contributed by atoms with E-state index in [4.69, 9.17) is 0 Å². The lowest BCUT2D eigenvalue weighted by Crippen LogP contribution is -1.85. The molecule has 0 fully saturated rings. The van der Waals surface area contributed by atoms with Gasteiger partial charge < -0.3 is 0 Å². The Bertz CT molecular complexity index is 2060. The molecule has 7 aromatic rings. The van der Waals surface area contributed by atoms with Crippen LogP contribution in [-0.2, 0) is 12.8 Å². The van der Waals surface area contributed by atoms with E-state index in [1.807, 2.05) is 22.7 Å².